The van der Waals surface area contributed by atoms with Crippen LogP contribution >= 0.6 is 11.6 Å². The van der Waals surface area contributed by atoms with Gasteiger partial charge in [0.25, 0.3) is 0 Å². The quantitative estimate of drug-likeness (QED) is 0.319. The number of hydrogen-bond acceptors (Lipinski definition) is 5. The van der Waals surface area contributed by atoms with Gasteiger partial charge >= 0.3 is 5.82 Å². The number of nitro groups is 1. The molecule has 2 heterocycles. The molecule has 0 spiro atoms. The van der Waals surface area contributed by atoms with E-state index < -0.39 is 4.92 Å². The molecule has 0 aliphatic heterocycles. The summed E-state index contributed by atoms with van der Waals surface area (Å²) >= 11 is 6.32. The van der Waals surface area contributed by atoms with E-state index in [1.54, 1.807) is 0 Å². The molecule has 2 aromatic heterocycles. The van der Waals surface area contributed by atoms with Crippen molar-refractivity contribution in [3.63, 3.8) is 0 Å². The van der Waals surface area contributed by atoms with E-state index in [4.69, 9.17) is 11.6 Å². The summed E-state index contributed by atoms with van der Waals surface area (Å²) in [6.07, 6.45) is 8.14. The van der Waals surface area contributed by atoms with Crippen molar-refractivity contribution in [3.8, 4) is 0 Å². The number of benzene rings is 1. The van der Waals surface area contributed by atoms with E-state index in [1.165, 1.54) is 5.56 Å². The number of carbonyl (C=O) groups excluding carboxylic acids is 1. The second kappa shape index (κ2) is 8.68. The Morgan fingerprint density at radius 2 is 1.84 bits per heavy atom. The van der Waals surface area contributed by atoms with Gasteiger partial charge in [-0.25, -0.2) is 0 Å². The van der Waals surface area contributed by atoms with Crippen LogP contribution in [0.2, 0.25) is 5.02 Å². The standard InChI is InChI=1S/C27H31ClN6O3/c1-17-3-5-19(6-4-17)15-32-8-7-22(30-32)29-23(35)14-26-10-20-9-21(11-26)13-27(12-20,16-26)33-18(2)24(28)25(31-33)34(36)37/h3-8,20-21H,9-16H2,1-2H3,(H,29,30,35). The second-order valence-corrected chi connectivity index (χ2v) is 12.1. The van der Waals surface area contributed by atoms with E-state index in [2.05, 4.69) is 46.7 Å². The molecule has 4 aliphatic carbocycles. The smallest absolute Gasteiger partial charge is 0.358 e. The molecule has 1 amide bonds. The summed E-state index contributed by atoms with van der Waals surface area (Å²) < 4.78 is 3.67. The summed E-state index contributed by atoms with van der Waals surface area (Å²) in [5, 5.41) is 23.6. The van der Waals surface area contributed by atoms with Crippen LogP contribution in [0.4, 0.5) is 11.6 Å². The Morgan fingerprint density at radius 1 is 1.14 bits per heavy atom. The van der Waals surface area contributed by atoms with Crippen LogP contribution in [0.1, 0.15) is 61.8 Å². The van der Waals surface area contributed by atoms with Crippen molar-refractivity contribution in [1.29, 1.82) is 0 Å². The summed E-state index contributed by atoms with van der Waals surface area (Å²) in [7, 11) is 0. The van der Waals surface area contributed by atoms with E-state index in [9.17, 15) is 14.9 Å². The van der Waals surface area contributed by atoms with Crippen molar-refractivity contribution in [3.05, 3.63) is 68.5 Å². The van der Waals surface area contributed by atoms with Crippen LogP contribution in [0.5, 0.6) is 0 Å². The number of carbonyl (C=O) groups is 1. The lowest BCUT2D eigenvalue weighted by Gasteiger charge is -2.61. The summed E-state index contributed by atoms with van der Waals surface area (Å²) in [5.41, 5.74) is 2.56. The highest BCUT2D eigenvalue weighted by atomic mass is 35.5. The van der Waals surface area contributed by atoms with Crippen LogP contribution in [0.3, 0.4) is 0 Å². The number of nitrogens with zero attached hydrogens (tertiary/aromatic N) is 5. The zero-order valence-electron chi connectivity index (χ0n) is 21.1. The Hall–Kier alpha value is -3.20. The third-order valence-electron chi connectivity index (χ3n) is 8.71. The molecule has 1 N–H and O–H groups in total. The van der Waals surface area contributed by atoms with E-state index in [0.717, 1.165) is 44.1 Å². The Balaban J connectivity index is 1.18. The molecule has 0 saturated heterocycles. The van der Waals surface area contributed by atoms with Crippen molar-refractivity contribution in [2.24, 2.45) is 17.3 Å². The zero-order chi connectivity index (χ0) is 25.9. The van der Waals surface area contributed by atoms with Gasteiger partial charge in [-0.2, -0.15) is 9.78 Å². The first-order valence-electron chi connectivity index (χ1n) is 12.9. The van der Waals surface area contributed by atoms with Gasteiger partial charge in [-0.1, -0.05) is 41.4 Å². The Morgan fingerprint density at radius 3 is 2.49 bits per heavy atom. The van der Waals surface area contributed by atoms with Crippen molar-refractivity contribution >= 4 is 29.1 Å². The number of halogens is 1. The lowest BCUT2D eigenvalue weighted by atomic mass is 9.46. The molecule has 4 fully saturated rings. The monoisotopic (exact) mass is 522 g/mol. The first-order chi connectivity index (χ1) is 17.6. The van der Waals surface area contributed by atoms with Crippen LogP contribution in [-0.2, 0) is 16.9 Å². The molecule has 0 radical (unpaired) electrons. The predicted octanol–water partition coefficient (Wildman–Crippen LogP) is 5.63. The van der Waals surface area contributed by atoms with Gasteiger partial charge in [-0.15, -0.1) is 0 Å². The van der Waals surface area contributed by atoms with Gasteiger partial charge in [-0.3, -0.25) is 9.48 Å². The third-order valence-corrected chi connectivity index (χ3v) is 9.15. The molecular weight excluding hydrogens is 492 g/mol. The van der Waals surface area contributed by atoms with Crippen molar-refractivity contribution in [2.45, 2.75) is 70.9 Å². The number of rotatable bonds is 7. The average molecular weight is 523 g/mol. The van der Waals surface area contributed by atoms with Gasteiger partial charge in [0.15, 0.2) is 10.8 Å². The minimum Gasteiger partial charge on any atom is -0.358 e. The Labute approximate surface area is 220 Å². The van der Waals surface area contributed by atoms with E-state index in [0.29, 0.717) is 36.3 Å². The van der Waals surface area contributed by atoms with Crippen LogP contribution in [0.15, 0.2) is 36.5 Å². The molecule has 1 aromatic carbocycles. The van der Waals surface area contributed by atoms with Gasteiger partial charge in [0.2, 0.25) is 5.91 Å². The highest BCUT2D eigenvalue weighted by Crippen LogP contribution is 2.65. The molecule has 4 bridgehead atoms. The molecule has 4 aliphatic rings. The Kier molecular flexibility index (Phi) is 5.67. The van der Waals surface area contributed by atoms with Crippen LogP contribution in [0.25, 0.3) is 0 Å². The number of amides is 1. The maximum atomic E-state index is 13.3. The van der Waals surface area contributed by atoms with Gasteiger partial charge < -0.3 is 15.4 Å². The second-order valence-electron chi connectivity index (χ2n) is 11.7. The molecule has 9 nitrogen and oxygen atoms in total. The van der Waals surface area contributed by atoms with E-state index in [-0.39, 0.29) is 27.7 Å². The average Bonchev–Trinajstić information content (AvgIpc) is 3.38. The van der Waals surface area contributed by atoms with Crippen molar-refractivity contribution in [2.75, 3.05) is 5.32 Å². The molecule has 2 atom stereocenters. The first kappa shape index (κ1) is 24.2. The van der Waals surface area contributed by atoms with Gasteiger partial charge in [0.1, 0.15) is 0 Å². The fourth-order valence-electron chi connectivity index (χ4n) is 7.83. The SMILES string of the molecule is Cc1ccc(Cn2ccc(NC(=O)CC34CC5CC(C3)CC(n3nc([N+](=O)[O-])c(Cl)c3C)(C5)C4)n2)cc1. The molecule has 37 heavy (non-hydrogen) atoms. The summed E-state index contributed by atoms with van der Waals surface area (Å²) in [6.45, 7) is 4.52. The zero-order valence-corrected chi connectivity index (χ0v) is 21.9. The summed E-state index contributed by atoms with van der Waals surface area (Å²) in [4.78, 5) is 24.3. The lowest BCUT2D eigenvalue weighted by molar-refractivity contribution is -0.389. The molecular formula is C27H31ClN6O3. The lowest BCUT2D eigenvalue weighted by Crippen LogP contribution is -2.57. The number of nitrogens with one attached hydrogen (secondary N) is 1. The van der Waals surface area contributed by atoms with Gasteiger partial charge in [0.05, 0.1) is 22.9 Å². The molecule has 194 valence electrons. The fourth-order valence-corrected chi connectivity index (χ4v) is 8.01. The maximum absolute atomic E-state index is 13.3. The van der Waals surface area contributed by atoms with Crippen LogP contribution in [-0.4, -0.2) is 30.4 Å². The van der Waals surface area contributed by atoms with Gasteiger partial charge in [0, 0.05) is 18.7 Å². The normalized spacial score (nSPS) is 28.0. The van der Waals surface area contributed by atoms with E-state index in [1.807, 2.05) is 28.6 Å². The highest BCUT2D eigenvalue weighted by molar-refractivity contribution is 6.33. The topological polar surface area (TPSA) is 108 Å². The summed E-state index contributed by atoms with van der Waals surface area (Å²) in [6, 6.07) is 10.2. The largest absolute Gasteiger partial charge is 0.408 e. The highest BCUT2D eigenvalue weighted by Gasteiger charge is 2.60. The molecule has 7 rings (SSSR count). The summed E-state index contributed by atoms with van der Waals surface area (Å²) in [5.74, 6) is 1.23. The van der Waals surface area contributed by atoms with E-state index >= 15 is 0 Å². The van der Waals surface area contributed by atoms with Gasteiger partial charge in [-0.05, 0) is 80.1 Å². The number of anilines is 1. The molecule has 2 unspecified atom stereocenters. The number of hydrogen-bond donors (Lipinski definition) is 1. The van der Waals surface area contributed by atoms with Crippen molar-refractivity contribution < 1.29 is 9.72 Å². The predicted molar refractivity (Wildman–Crippen MR) is 139 cm³/mol. The molecule has 10 heteroatoms. The fraction of sp³-hybridized carbons (Fsp3) is 0.519. The first-order valence-corrected chi connectivity index (χ1v) is 13.3. The third kappa shape index (κ3) is 4.33. The van der Waals surface area contributed by atoms with Crippen LogP contribution in [0, 0.1) is 41.2 Å². The molecule has 3 aromatic rings. The minimum absolute atomic E-state index is 0.0288. The minimum atomic E-state index is -0.506. The number of aryl methyl sites for hydroxylation is 1. The van der Waals surface area contributed by atoms with Crippen molar-refractivity contribution in [1.82, 2.24) is 19.6 Å². The van der Waals surface area contributed by atoms with Crippen LogP contribution < -0.4 is 5.32 Å². The Bertz CT molecular complexity index is 1360. The maximum Gasteiger partial charge on any atom is 0.408 e. The molecule has 4 saturated carbocycles. The number of aromatic nitrogens is 4.